The molecular formula is C14H10N2O3. The van der Waals surface area contributed by atoms with Crippen molar-refractivity contribution in [2.45, 2.75) is 0 Å². The van der Waals surface area contributed by atoms with E-state index in [4.69, 9.17) is 4.42 Å². The van der Waals surface area contributed by atoms with E-state index in [1.54, 1.807) is 42.5 Å². The Balaban J connectivity index is 1.89. The Morgan fingerprint density at radius 3 is 2.68 bits per heavy atom. The Kier molecular flexibility index (Phi) is 2.64. The van der Waals surface area contributed by atoms with Gasteiger partial charge in [-0.25, -0.2) is 4.79 Å². The average Bonchev–Trinajstić information content (AvgIpc) is 2.79. The Labute approximate surface area is 107 Å². The van der Waals surface area contributed by atoms with Crippen LogP contribution in [0.4, 0.5) is 5.69 Å². The van der Waals surface area contributed by atoms with E-state index in [0.29, 0.717) is 22.4 Å². The molecule has 5 heteroatoms. The van der Waals surface area contributed by atoms with Crippen LogP contribution in [0.2, 0.25) is 0 Å². The van der Waals surface area contributed by atoms with Gasteiger partial charge in [-0.05, 0) is 30.3 Å². The maximum Gasteiger partial charge on any atom is 0.417 e. The van der Waals surface area contributed by atoms with Crippen LogP contribution in [0.5, 0.6) is 0 Å². The highest BCUT2D eigenvalue weighted by Gasteiger charge is 2.07. The molecule has 3 rings (SSSR count). The molecule has 94 valence electrons. The van der Waals surface area contributed by atoms with Gasteiger partial charge in [0.05, 0.1) is 5.52 Å². The Morgan fingerprint density at radius 1 is 1.11 bits per heavy atom. The van der Waals surface area contributed by atoms with E-state index >= 15 is 0 Å². The van der Waals surface area contributed by atoms with Crippen LogP contribution in [0.1, 0.15) is 10.4 Å². The molecule has 1 heterocycles. The van der Waals surface area contributed by atoms with Crippen LogP contribution in [0, 0.1) is 0 Å². The number of rotatable bonds is 2. The topological polar surface area (TPSA) is 75.1 Å². The monoisotopic (exact) mass is 254 g/mol. The summed E-state index contributed by atoms with van der Waals surface area (Å²) >= 11 is 0. The van der Waals surface area contributed by atoms with Gasteiger partial charge in [-0.2, -0.15) is 0 Å². The van der Waals surface area contributed by atoms with Gasteiger partial charge in [0, 0.05) is 11.3 Å². The van der Waals surface area contributed by atoms with Crippen LogP contribution in [0.3, 0.4) is 0 Å². The van der Waals surface area contributed by atoms with Gasteiger partial charge in [-0.1, -0.05) is 18.2 Å². The molecule has 5 nitrogen and oxygen atoms in total. The fourth-order valence-corrected chi connectivity index (χ4v) is 1.82. The van der Waals surface area contributed by atoms with Crippen molar-refractivity contribution in [1.29, 1.82) is 0 Å². The summed E-state index contributed by atoms with van der Waals surface area (Å²) in [6.45, 7) is 0. The molecule has 1 amide bonds. The van der Waals surface area contributed by atoms with E-state index in [9.17, 15) is 9.59 Å². The van der Waals surface area contributed by atoms with Crippen LogP contribution in [-0.2, 0) is 0 Å². The van der Waals surface area contributed by atoms with Crippen LogP contribution in [0.15, 0.2) is 57.7 Å². The maximum absolute atomic E-state index is 11.9. The number of benzene rings is 2. The van der Waals surface area contributed by atoms with Crippen molar-refractivity contribution < 1.29 is 9.21 Å². The van der Waals surface area contributed by atoms with Crippen molar-refractivity contribution >= 4 is 22.7 Å². The minimum Gasteiger partial charge on any atom is -0.408 e. The van der Waals surface area contributed by atoms with Gasteiger partial charge in [0.15, 0.2) is 5.58 Å². The van der Waals surface area contributed by atoms with E-state index in [1.165, 1.54) is 0 Å². The van der Waals surface area contributed by atoms with Crippen LogP contribution in [-0.4, -0.2) is 10.9 Å². The molecule has 1 aromatic heterocycles. The smallest absolute Gasteiger partial charge is 0.408 e. The van der Waals surface area contributed by atoms with E-state index in [-0.39, 0.29) is 5.91 Å². The Bertz CT molecular complexity index is 787. The van der Waals surface area contributed by atoms with Crippen molar-refractivity contribution in [3.63, 3.8) is 0 Å². The lowest BCUT2D eigenvalue weighted by atomic mass is 10.2. The molecule has 0 saturated heterocycles. The highest BCUT2D eigenvalue weighted by molar-refractivity contribution is 6.04. The molecule has 0 radical (unpaired) electrons. The standard InChI is InChI=1S/C14H10N2O3/c17-13(9-4-2-1-3-5-9)15-10-6-7-12-11(8-10)16-14(18)19-12/h1-8H,(H,15,17)(H,16,18). The molecule has 0 saturated carbocycles. The van der Waals surface area contributed by atoms with E-state index in [1.807, 2.05) is 6.07 Å². The second-order valence-electron chi connectivity index (χ2n) is 4.05. The SMILES string of the molecule is O=C(Nc1ccc2oc(=O)[nH]c2c1)c1ccccc1. The number of carbonyl (C=O) groups is 1. The molecular weight excluding hydrogens is 244 g/mol. The molecule has 3 aromatic rings. The van der Waals surface area contributed by atoms with Crippen molar-refractivity contribution in [2.75, 3.05) is 5.32 Å². The molecule has 0 aliphatic carbocycles. The third kappa shape index (κ3) is 2.26. The number of oxazole rings is 1. The molecule has 0 spiro atoms. The van der Waals surface area contributed by atoms with Crippen molar-refractivity contribution in [2.24, 2.45) is 0 Å². The van der Waals surface area contributed by atoms with Gasteiger partial charge >= 0.3 is 5.76 Å². The first-order valence-corrected chi connectivity index (χ1v) is 5.72. The van der Waals surface area contributed by atoms with E-state index in [2.05, 4.69) is 10.3 Å². The quantitative estimate of drug-likeness (QED) is 0.737. The summed E-state index contributed by atoms with van der Waals surface area (Å²) in [6.07, 6.45) is 0. The number of aromatic nitrogens is 1. The van der Waals surface area contributed by atoms with Crippen LogP contribution >= 0.6 is 0 Å². The molecule has 0 aliphatic heterocycles. The number of hydrogen-bond acceptors (Lipinski definition) is 3. The number of anilines is 1. The predicted molar refractivity (Wildman–Crippen MR) is 71.2 cm³/mol. The summed E-state index contributed by atoms with van der Waals surface area (Å²) in [5.41, 5.74) is 2.18. The third-order valence-corrected chi connectivity index (χ3v) is 2.71. The molecule has 2 N–H and O–H groups in total. The van der Waals surface area contributed by atoms with E-state index in [0.717, 1.165) is 0 Å². The lowest BCUT2D eigenvalue weighted by Gasteiger charge is -2.04. The van der Waals surface area contributed by atoms with Gasteiger partial charge in [-0.3, -0.25) is 9.78 Å². The van der Waals surface area contributed by atoms with Gasteiger partial charge < -0.3 is 9.73 Å². The Hall–Kier alpha value is -2.82. The summed E-state index contributed by atoms with van der Waals surface area (Å²) < 4.78 is 4.89. The normalized spacial score (nSPS) is 10.5. The third-order valence-electron chi connectivity index (χ3n) is 2.71. The number of nitrogens with one attached hydrogen (secondary N) is 2. The van der Waals surface area contributed by atoms with Crippen molar-refractivity contribution in [1.82, 2.24) is 4.98 Å². The number of carbonyl (C=O) groups excluding carboxylic acids is 1. The first-order chi connectivity index (χ1) is 9.22. The number of hydrogen-bond donors (Lipinski definition) is 2. The zero-order valence-corrected chi connectivity index (χ0v) is 9.84. The lowest BCUT2D eigenvalue weighted by Crippen LogP contribution is -2.11. The molecule has 0 fully saturated rings. The highest BCUT2D eigenvalue weighted by Crippen LogP contribution is 2.16. The average molecular weight is 254 g/mol. The largest absolute Gasteiger partial charge is 0.417 e. The minimum absolute atomic E-state index is 0.203. The number of H-pyrrole nitrogens is 1. The first kappa shape index (κ1) is 11.3. The summed E-state index contributed by atoms with van der Waals surface area (Å²) in [5, 5.41) is 2.76. The number of aromatic amines is 1. The molecule has 0 aliphatic rings. The fourth-order valence-electron chi connectivity index (χ4n) is 1.82. The highest BCUT2D eigenvalue weighted by atomic mass is 16.4. The van der Waals surface area contributed by atoms with Gasteiger partial charge in [0.1, 0.15) is 0 Å². The first-order valence-electron chi connectivity index (χ1n) is 5.72. The van der Waals surface area contributed by atoms with Gasteiger partial charge in [0.25, 0.3) is 5.91 Å². The zero-order valence-electron chi connectivity index (χ0n) is 9.84. The second kappa shape index (κ2) is 4.45. The summed E-state index contributed by atoms with van der Waals surface area (Å²) in [6, 6.07) is 13.9. The molecule has 19 heavy (non-hydrogen) atoms. The van der Waals surface area contributed by atoms with Crippen LogP contribution < -0.4 is 11.1 Å². The number of fused-ring (bicyclic) bond motifs is 1. The summed E-state index contributed by atoms with van der Waals surface area (Å²) in [7, 11) is 0. The zero-order chi connectivity index (χ0) is 13.2. The lowest BCUT2D eigenvalue weighted by molar-refractivity contribution is 0.102. The van der Waals surface area contributed by atoms with Crippen molar-refractivity contribution in [3.8, 4) is 0 Å². The summed E-state index contributed by atoms with van der Waals surface area (Å²) in [4.78, 5) is 25.5. The Morgan fingerprint density at radius 2 is 1.89 bits per heavy atom. The maximum atomic E-state index is 11.9. The van der Waals surface area contributed by atoms with Crippen LogP contribution in [0.25, 0.3) is 11.1 Å². The fraction of sp³-hybridized carbons (Fsp3) is 0. The molecule has 2 aromatic carbocycles. The summed E-state index contributed by atoms with van der Waals surface area (Å²) in [5.74, 6) is -0.715. The molecule has 0 bridgehead atoms. The van der Waals surface area contributed by atoms with Gasteiger partial charge in [-0.15, -0.1) is 0 Å². The minimum atomic E-state index is -0.512. The van der Waals surface area contributed by atoms with Gasteiger partial charge in [0.2, 0.25) is 0 Å². The molecule has 0 unspecified atom stereocenters. The molecule has 0 atom stereocenters. The van der Waals surface area contributed by atoms with Crippen molar-refractivity contribution in [3.05, 3.63) is 64.6 Å². The predicted octanol–water partition coefficient (Wildman–Crippen LogP) is 2.37. The second-order valence-corrected chi connectivity index (χ2v) is 4.05. The number of amides is 1. The van der Waals surface area contributed by atoms with E-state index < -0.39 is 5.76 Å².